The molecular formula is C13H18ClNO3. The molecule has 0 aliphatic rings. The molecule has 0 heterocycles. The van der Waals surface area contributed by atoms with Gasteiger partial charge in [0.2, 0.25) is 0 Å². The Morgan fingerprint density at radius 1 is 1.44 bits per heavy atom. The summed E-state index contributed by atoms with van der Waals surface area (Å²) in [7, 11) is 1.38. The summed E-state index contributed by atoms with van der Waals surface area (Å²) in [6.07, 6.45) is 1.70. The SMILES string of the molecule is COC(=O)CCCOc1ccc(Cl)cc1CCN. The molecule has 1 aromatic rings. The largest absolute Gasteiger partial charge is 0.493 e. The van der Waals surface area contributed by atoms with E-state index in [1.54, 1.807) is 6.07 Å². The maximum atomic E-state index is 10.9. The molecule has 0 aromatic heterocycles. The number of methoxy groups -OCH3 is 1. The van der Waals surface area contributed by atoms with Crippen molar-refractivity contribution in [1.82, 2.24) is 0 Å². The van der Waals surface area contributed by atoms with Gasteiger partial charge in [0, 0.05) is 11.4 Å². The summed E-state index contributed by atoms with van der Waals surface area (Å²) in [6.45, 7) is 1.01. The zero-order valence-electron chi connectivity index (χ0n) is 10.4. The van der Waals surface area contributed by atoms with Crippen LogP contribution in [0.25, 0.3) is 0 Å². The van der Waals surface area contributed by atoms with Crippen LogP contribution in [0.1, 0.15) is 18.4 Å². The second-order valence-corrected chi connectivity index (χ2v) is 4.26. The van der Waals surface area contributed by atoms with Crippen LogP contribution < -0.4 is 10.5 Å². The summed E-state index contributed by atoms with van der Waals surface area (Å²) in [5.74, 6) is 0.548. The fourth-order valence-electron chi connectivity index (χ4n) is 1.54. The Kier molecular flexibility index (Phi) is 6.54. The highest BCUT2D eigenvalue weighted by atomic mass is 35.5. The molecular weight excluding hydrogens is 254 g/mol. The van der Waals surface area contributed by atoms with E-state index < -0.39 is 0 Å². The Hall–Kier alpha value is -1.26. The van der Waals surface area contributed by atoms with Crippen molar-refractivity contribution in [2.24, 2.45) is 5.73 Å². The predicted octanol–water partition coefficient (Wildman–Crippen LogP) is 2.17. The molecule has 0 amide bonds. The van der Waals surface area contributed by atoms with E-state index in [4.69, 9.17) is 22.1 Å². The van der Waals surface area contributed by atoms with Crippen molar-refractivity contribution >= 4 is 17.6 Å². The van der Waals surface area contributed by atoms with Crippen molar-refractivity contribution < 1.29 is 14.3 Å². The fraction of sp³-hybridized carbons (Fsp3) is 0.462. The molecule has 0 unspecified atom stereocenters. The van der Waals surface area contributed by atoms with E-state index in [0.717, 1.165) is 11.3 Å². The molecule has 0 aliphatic carbocycles. The molecule has 0 radical (unpaired) electrons. The average molecular weight is 272 g/mol. The summed E-state index contributed by atoms with van der Waals surface area (Å²) in [6, 6.07) is 5.45. The van der Waals surface area contributed by atoms with Crippen molar-refractivity contribution in [3.63, 3.8) is 0 Å². The number of hydrogen-bond acceptors (Lipinski definition) is 4. The van der Waals surface area contributed by atoms with E-state index in [2.05, 4.69) is 4.74 Å². The Morgan fingerprint density at radius 3 is 2.89 bits per heavy atom. The molecule has 18 heavy (non-hydrogen) atoms. The highest BCUT2D eigenvalue weighted by Gasteiger charge is 2.05. The first-order valence-corrected chi connectivity index (χ1v) is 6.23. The number of rotatable bonds is 7. The van der Waals surface area contributed by atoms with Crippen LogP contribution in [0.5, 0.6) is 5.75 Å². The van der Waals surface area contributed by atoms with Crippen LogP contribution in [0.2, 0.25) is 5.02 Å². The summed E-state index contributed by atoms with van der Waals surface area (Å²) in [5.41, 5.74) is 6.52. The maximum Gasteiger partial charge on any atom is 0.305 e. The van der Waals surface area contributed by atoms with Crippen LogP contribution in [0.4, 0.5) is 0 Å². The smallest absolute Gasteiger partial charge is 0.305 e. The number of ether oxygens (including phenoxy) is 2. The van der Waals surface area contributed by atoms with Gasteiger partial charge in [0.05, 0.1) is 13.7 Å². The number of carbonyl (C=O) groups is 1. The lowest BCUT2D eigenvalue weighted by Crippen LogP contribution is -2.08. The van der Waals surface area contributed by atoms with Crippen molar-refractivity contribution in [2.75, 3.05) is 20.3 Å². The van der Waals surface area contributed by atoms with Crippen LogP contribution >= 0.6 is 11.6 Å². The third kappa shape index (κ3) is 4.94. The maximum absolute atomic E-state index is 10.9. The van der Waals surface area contributed by atoms with E-state index in [1.807, 2.05) is 12.1 Å². The van der Waals surface area contributed by atoms with Gasteiger partial charge in [-0.05, 0) is 43.1 Å². The van der Waals surface area contributed by atoms with Gasteiger partial charge in [0.25, 0.3) is 0 Å². The molecule has 1 aromatic carbocycles. The third-order valence-corrected chi connectivity index (χ3v) is 2.68. The molecule has 100 valence electrons. The lowest BCUT2D eigenvalue weighted by atomic mass is 10.1. The van der Waals surface area contributed by atoms with Gasteiger partial charge < -0.3 is 15.2 Å². The first-order chi connectivity index (χ1) is 8.67. The van der Waals surface area contributed by atoms with E-state index in [-0.39, 0.29) is 5.97 Å². The molecule has 0 saturated heterocycles. The van der Waals surface area contributed by atoms with Crippen LogP contribution in [-0.4, -0.2) is 26.2 Å². The van der Waals surface area contributed by atoms with E-state index in [1.165, 1.54) is 7.11 Å². The second-order valence-electron chi connectivity index (χ2n) is 3.82. The topological polar surface area (TPSA) is 61.5 Å². The van der Waals surface area contributed by atoms with Gasteiger partial charge in [-0.2, -0.15) is 0 Å². The molecule has 0 atom stereocenters. The Balaban J connectivity index is 2.48. The quantitative estimate of drug-likeness (QED) is 0.610. The van der Waals surface area contributed by atoms with E-state index >= 15 is 0 Å². The van der Waals surface area contributed by atoms with Gasteiger partial charge in [-0.15, -0.1) is 0 Å². The van der Waals surface area contributed by atoms with Crippen LogP contribution in [-0.2, 0) is 16.0 Å². The minimum absolute atomic E-state index is 0.225. The van der Waals surface area contributed by atoms with Gasteiger partial charge in [-0.25, -0.2) is 0 Å². The number of hydrogen-bond donors (Lipinski definition) is 1. The number of halogens is 1. The zero-order valence-corrected chi connectivity index (χ0v) is 11.2. The molecule has 0 aliphatic heterocycles. The third-order valence-electron chi connectivity index (χ3n) is 2.45. The van der Waals surface area contributed by atoms with E-state index in [9.17, 15) is 4.79 Å². The minimum atomic E-state index is -0.225. The molecule has 4 nitrogen and oxygen atoms in total. The normalized spacial score (nSPS) is 10.2. The number of carbonyl (C=O) groups excluding carboxylic acids is 1. The van der Waals surface area contributed by atoms with E-state index in [0.29, 0.717) is 37.4 Å². The molecule has 0 bridgehead atoms. The minimum Gasteiger partial charge on any atom is -0.493 e. The number of esters is 1. The molecule has 1 rings (SSSR count). The Morgan fingerprint density at radius 2 is 2.22 bits per heavy atom. The number of benzene rings is 1. The average Bonchev–Trinajstić information content (AvgIpc) is 2.36. The summed E-state index contributed by atoms with van der Waals surface area (Å²) < 4.78 is 10.2. The highest BCUT2D eigenvalue weighted by Crippen LogP contribution is 2.23. The van der Waals surface area contributed by atoms with Crippen LogP contribution in [0.3, 0.4) is 0 Å². The van der Waals surface area contributed by atoms with Gasteiger partial charge in [-0.3, -0.25) is 4.79 Å². The van der Waals surface area contributed by atoms with Gasteiger partial charge in [0.1, 0.15) is 5.75 Å². The van der Waals surface area contributed by atoms with Gasteiger partial charge in [-0.1, -0.05) is 11.6 Å². The number of nitrogens with two attached hydrogens (primary N) is 1. The van der Waals surface area contributed by atoms with Crippen LogP contribution in [0, 0.1) is 0 Å². The molecule has 0 saturated carbocycles. The molecule has 0 fully saturated rings. The molecule has 5 heteroatoms. The van der Waals surface area contributed by atoms with Crippen LogP contribution in [0.15, 0.2) is 18.2 Å². The van der Waals surface area contributed by atoms with Crippen molar-refractivity contribution in [2.45, 2.75) is 19.3 Å². The lowest BCUT2D eigenvalue weighted by molar-refractivity contribution is -0.140. The van der Waals surface area contributed by atoms with Crippen molar-refractivity contribution in [1.29, 1.82) is 0 Å². The van der Waals surface area contributed by atoms with Gasteiger partial charge in [0.15, 0.2) is 0 Å². The fourth-order valence-corrected chi connectivity index (χ4v) is 1.74. The first-order valence-electron chi connectivity index (χ1n) is 5.85. The van der Waals surface area contributed by atoms with Crippen molar-refractivity contribution in [3.8, 4) is 5.75 Å². The van der Waals surface area contributed by atoms with Gasteiger partial charge >= 0.3 is 5.97 Å². The molecule has 0 spiro atoms. The predicted molar refractivity (Wildman–Crippen MR) is 71.0 cm³/mol. The monoisotopic (exact) mass is 271 g/mol. The zero-order chi connectivity index (χ0) is 13.4. The first kappa shape index (κ1) is 14.8. The van der Waals surface area contributed by atoms with Crippen molar-refractivity contribution in [3.05, 3.63) is 28.8 Å². The Bertz CT molecular complexity index is 396. The Labute approximate surface area is 112 Å². The highest BCUT2D eigenvalue weighted by molar-refractivity contribution is 6.30. The lowest BCUT2D eigenvalue weighted by Gasteiger charge is -2.11. The standard InChI is InChI=1S/C13H18ClNO3/c1-17-13(16)3-2-8-18-12-5-4-11(14)9-10(12)6-7-15/h4-5,9H,2-3,6-8,15H2,1H3. The summed E-state index contributed by atoms with van der Waals surface area (Å²) in [5, 5.41) is 0.667. The summed E-state index contributed by atoms with van der Waals surface area (Å²) in [4.78, 5) is 10.9. The summed E-state index contributed by atoms with van der Waals surface area (Å²) >= 11 is 5.92. The molecule has 2 N–H and O–H groups in total. The second kappa shape index (κ2) is 7.95.